The van der Waals surface area contributed by atoms with Gasteiger partial charge in [0.2, 0.25) is 0 Å². The van der Waals surface area contributed by atoms with Crippen LogP contribution in [-0.4, -0.2) is 9.55 Å². The Bertz CT molecular complexity index is 834. The highest BCUT2D eigenvalue weighted by Crippen LogP contribution is 2.20. The van der Waals surface area contributed by atoms with Gasteiger partial charge in [-0.25, -0.2) is 4.98 Å². The summed E-state index contributed by atoms with van der Waals surface area (Å²) in [5.74, 6) is 0. The smallest absolute Gasteiger partial charge is 0.259 e. The maximum Gasteiger partial charge on any atom is 0.259 e. The minimum absolute atomic E-state index is 0.00977. The van der Waals surface area contributed by atoms with Crippen LogP contribution < -0.4 is 5.56 Å². The van der Waals surface area contributed by atoms with E-state index in [1.54, 1.807) is 17.8 Å². The summed E-state index contributed by atoms with van der Waals surface area (Å²) in [6.07, 6.45) is 2.67. The number of rotatable bonds is 2. The SMILES string of the molecule is CCc1cccc(-c2cc3cccnc3n(C)c2=O)c1. The van der Waals surface area contributed by atoms with Crippen molar-refractivity contribution in [3.05, 3.63) is 64.6 Å². The van der Waals surface area contributed by atoms with E-state index in [-0.39, 0.29) is 5.56 Å². The van der Waals surface area contributed by atoms with Crippen molar-refractivity contribution in [3.63, 3.8) is 0 Å². The van der Waals surface area contributed by atoms with Crippen LogP contribution in [-0.2, 0) is 13.5 Å². The van der Waals surface area contributed by atoms with Crippen molar-refractivity contribution >= 4 is 11.0 Å². The molecule has 3 heteroatoms. The Labute approximate surface area is 117 Å². The van der Waals surface area contributed by atoms with E-state index < -0.39 is 0 Å². The molecule has 3 aromatic rings. The Hall–Kier alpha value is -2.42. The summed E-state index contributed by atoms with van der Waals surface area (Å²) in [6, 6.07) is 13.9. The molecule has 0 N–H and O–H groups in total. The standard InChI is InChI=1S/C17H16N2O/c1-3-12-6-4-7-13(10-12)15-11-14-8-5-9-18-16(14)19(2)17(15)20/h4-11H,3H2,1-2H3. The summed E-state index contributed by atoms with van der Waals surface area (Å²) >= 11 is 0. The van der Waals surface area contributed by atoms with Gasteiger partial charge in [-0.15, -0.1) is 0 Å². The lowest BCUT2D eigenvalue weighted by Crippen LogP contribution is -2.19. The molecule has 1 aromatic carbocycles. The largest absolute Gasteiger partial charge is 0.295 e. The van der Waals surface area contributed by atoms with Crippen molar-refractivity contribution in [3.8, 4) is 11.1 Å². The second-order valence-electron chi connectivity index (χ2n) is 4.89. The summed E-state index contributed by atoms with van der Waals surface area (Å²) < 4.78 is 1.61. The number of aryl methyl sites for hydroxylation is 2. The van der Waals surface area contributed by atoms with Crippen LogP contribution in [0, 0.1) is 0 Å². The van der Waals surface area contributed by atoms with Crippen LogP contribution >= 0.6 is 0 Å². The van der Waals surface area contributed by atoms with Gasteiger partial charge < -0.3 is 0 Å². The van der Waals surface area contributed by atoms with E-state index in [9.17, 15) is 4.79 Å². The zero-order valence-corrected chi connectivity index (χ0v) is 11.6. The van der Waals surface area contributed by atoms with E-state index in [4.69, 9.17) is 0 Å². The van der Waals surface area contributed by atoms with Crippen LogP contribution in [0.2, 0.25) is 0 Å². The number of aromatic nitrogens is 2. The molecule has 0 fully saturated rings. The molecular formula is C17H16N2O. The topological polar surface area (TPSA) is 34.9 Å². The Morgan fingerprint density at radius 2 is 2.00 bits per heavy atom. The Kier molecular flexibility index (Phi) is 3.11. The zero-order valence-electron chi connectivity index (χ0n) is 11.6. The molecule has 3 nitrogen and oxygen atoms in total. The predicted octanol–water partition coefficient (Wildman–Crippen LogP) is 3.16. The Balaban J connectivity index is 2.31. The molecule has 0 unspecified atom stereocenters. The number of nitrogens with zero attached hydrogens (tertiary/aromatic N) is 2. The molecule has 20 heavy (non-hydrogen) atoms. The minimum atomic E-state index is -0.00977. The van der Waals surface area contributed by atoms with E-state index in [0.717, 1.165) is 22.9 Å². The number of hydrogen-bond acceptors (Lipinski definition) is 2. The van der Waals surface area contributed by atoms with Crippen LogP contribution in [0.15, 0.2) is 53.5 Å². The van der Waals surface area contributed by atoms with Gasteiger partial charge in [-0.2, -0.15) is 0 Å². The van der Waals surface area contributed by atoms with E-state index >= 15 is 0 Å². The number of pyridine rings is 2. The molecule has 0 bridgehead atoms. The number of benzene rings is 1. The van der Waals surface area contributed by atoms with Crippen molar-refractivity contribution < 1.29 is 0 Å². The molecular weight excluding hydrogens is 248 g/mol. The van der Waals surface area contributed by atoms with Crippen LogP contribution in [0.25, 0.3) is 22.2 Å². The maximum atomic E-state index is 12.5. The third-order valence-corrected chi connectivity index (χ3v) is 3.62. The Morgan fingerprint density at radius 1 is 1.15 bits per heavy atom. The van der Waals surface area contributed by atoms with Crippen molar-refractivity contribution in [1.29, 1.82) is 0 Å². The first kappa shape index (κ1) is 12.6. The van der Waals surface area contributed by atoms with E-state index in [1.807, 2.05) is 30.3 Å². The maximum absolute atomic E-state index is 12.5. The first-order valence-corrected chi connectivity index (χ1v) is 6.75. The van der Waals surface area contributed by atoms with E-state index in [2.05, 4.69) is 24.0 Å². The lowest BCUT2D eigenvalue weighted by Gasteiger charge is -2.08. The average molecular weight is 264 g/mol. The molecule has 0 radical (unpaired) electrons. The molecule has 0 atom stereocenters. The van der Waals surface area contributed by atoms with Gasteiger partial charge >= 0.3 is 0 Å². The fraction of sp³-hybridized carbons (Fsp3) is 0.176. The van der Waals surface area contributed by atoms with Crippen LogP contribution in [0.1, 0.15) is 12.5 Å². The average Bonchev–Trinajstić information content (AvgIpc) is 2.51. The highest BCUT2D eigenvalue weighted by atomic mass is 16.1. The molecule has 2 aromatic heterocycles. The fourth-order valence-corrected chi connectivity index (χ4v) is 2.46. The van der Waals surface area contributed by atoms with Crippen LogP contribution in [0.5, 0.6) is 0 Å². The number of fused-ring (bicyclic) bond motifs is 1. The molecule has 100 valence electrons. The molecule has 0 amide bonds. The van der Waals surface area contributed by atoms with Crippen molar-refractivity contribution in [2.24, 2.45) is 7.05 Å². The summed E-state index contributed by atoms with van der Waals surface area (Å²) in [6.45, 7) is 2.11. The molecule has 0 aliphatic carbocycles. The van der Waals surface area contributed by atoms with Crippen molar-refractivity contribution in [2.45, 2.75) is 13.3 Å². The van der Waals surface area contributed by atoms with Gasteiger partial charge in [-0.3, -0.25) is 9.36 Å². The molecule has 0 saturated heterocycles. The quantitative estimate of drug-likeness (QED) is 0.712. The van der Waals surface area contributed by atoms with Gasteiger partial charge in [-0.05, 0) is 35.7 Å². The summed E-state index contributed by atoms with van der Waals surface area (Å²) in [4.78, 5) is 16.8. The zero-order chi connectivity index (χ0) is 14.1. The van der Waals surface area contributed by atoms with Crippen molar-refractivity contribution in [1.82, 2.24) is 9.55 Å². The highest BCUT2D eigenvalue weighted by Gasteiger charge is 2.09. The summed E-state index contributed by atoms with van der Waals surface area (Å²) in [7, 11) is 1.77. The summed E-state index contributed by atoms with van der Waals surface area (Å²) in [5, 5.41) is 0.978. The van der Waals surface area contributed by atoms with Gasteiger partial charge in [-0.1, -0.05) is 31.2 Å². The first-order valence-electron chi connectivity index (χ1n) is 6.75. The highest BCUT2D eigenvalue weighted by molar-refractivity contribution is 5.81. The normalized spacial score (nSPS) is 10.9. The molecule has 0 aliphatic heterocycles. The van der Waals surface area contributed by atoms with Gasteiger partial charge in [0.05, 0.1) is 0 Å². The van der Waals surface area contributed by atoms with Gasteiger partial charge in [0.15, 0.2) is 0 Å². The second-order valence-corrected chi connectivity index (χ2v) is 4.89. The van der Waals surface area contributed by atoms with Crippen molar-refractivity contribution in [2.75, 3.05) is 0 Å². The van der Waals surface area contributed by atoms with Crippen LogP contribution in [0.4, 0.5) is 0 Å². The van der Waals surface area contributed by atoms with Crippen LogP contribution in [0.3, 0.4) is 0 Å². The summed E-state index contributed by atoms with van der Waals surface area (Å²) in [5.41, 5.74) is 3.63. The number of hydrogen-bond donors (Lipinski definition) is 0. The monoisotopic (exact) mass is 264 g/mol. The predicted molar refractivity (Wildman–Crippen MR) is 81.8 cm³/mol. The lowest BCUT2D eigenvalue weighted by molar-refractivity contribution is 0.890. The van der Waals surface area contributed by atoms with Gasteiger partial charge in [0.1, 0.15) is 5.65 Å². The third-order valence-electron chi connectivity index (χ3n) is 3.62. The molecule has 0 aliphatic rings. The fourth-order valence-electron chi connectivity index (χ4n) is 2.46. The molecule has 0 saturated carbocycles. The molecule has 3 rings (SSSR count). The van der Waals surface area contributed by atoms with E-state index in [1.165, 1.54) is 5.56 Å². The molecule has 0 spiro atoms. The second kappa shape index (κ2) is 4.93. The first-order chi connectivity index (χ1) is 9.70. The molecule has 2 heterocycles. The third kappa shape index (κ3) is 2.01. The van der Waals surface area contributed by atoms with E-state index in [0.29, 0.717) is 5.65 Å². The minimum Gasteiger partial charge on any atom is -0.295 e. The van der Waals surface area contributed by atoms with Gasteiger partial charge in [0.25, 0.3) is 5.56 Å². The Morgan fingerprint density at radius 3 is 2.80 bits per heavy atom. The lowest BCUT2D eigenvalue weighted by atomic mass is 10.0. The van der Waals surface area contributed by atoms with Gasteiger partial charge in [0, 0.05) is 24.2 Å².